The van der Waals surface area contributed by atoms with E-state index in [9.17, 15) is 13.2 Å². The number of methoxy groups -OCH3 is 1. The quantitative estimate of drug-likeness (QED) is 0.736. The minimum atomic E-state index is -3.80. The lowest BCUT2D eigenvalue weighted by Crippen LogP contribution is -2.48. The summed E-state index contributed by atoms with van der Waals surface area (Å²) in [7, 11) is -2.34. The second-order valence-corrected chi connectivity index (χ2v) is 9.12. The lowest BCUT2D eigenvalue weighted by Gasteiger charge is -2.39. The van der Waals surface area contributed by atoms with Crippen LogP contribution in [0.25, 0.3) is 0 Å². The van der Waals surface area contributed by atoms with Crippen molar-refractivity contribution in [3.63, 3.8) is 0 Å². The van der Waals surface area contributed by atoms with Gasteiger partial charge in [0.05, 0.1) is 19.2 Å². The summed E-state index contributed by atoms with van der Waals surface area (Å²) >= 11 is 0. The first-order valence-corrected chi connectivity index (χ1v) is 10.9. The molecule has 6 nitrogen and oxygen atoms in total. The molecule has 7 heteroatoms. The highest BCUT2D eigenvalue weighted by atomic mass is 32.2. The van der Waals surface area contributed by atoms with Crippen LogP contribution in [-0.4, -0.2) is 38.9 Å². The normalized spacial score (nSPS) is 22.1. The van der Waals surface area contributed by atoms with Crippen LogP contribution >= 0.6 is 0 Å². The third-order valence-corrected chi connectivity index (χ3v) is 7.47. The molecule has 0 saturated carbocycles. The minimum absolute atomic E-state index is 0.109. The molecule has 4 rings (SSSR count). The van der Waals surface area contributed by atoms with Crippen LogP contribution in [0.2, 0.25) is 0 Å². The van der Waals surface area contributed by atoms with E-state index in [4.69, 9.17) is 9.47 Å². The van der Waals surface area contributed by atoms with Gasteiger partial charge in [0.2, 0.25) is 10.0 Å². The van der Waals surface area contributed by atoms with Crippen molar-refractivity contribution in [1.82, 2.24) is 4.31 Å². The topological polar surface area (TPSA) is 72.9 Å². The molecule has 2 aliphatic heterocycles. The summed E-state index contributed by atoms with van der Waals surface area (Å²) < 4.78 is 39.4. The molecule has 2 heterocycles. The zero-order chi connectivity index (χ0) is 19.9. The third kappa shape index (κ3) is 2.89. The molecule has 28 heavy (non-hydrogen) atoms. The lowest BCUT2D eigenvalue weighted by molar-refractivity contribution is -0.0345. The van der Waals surface area contributed by atoms with Crippen LogP contribution in [0, 0.1) is 0 Å². The van der Waals surface area contributed by atoms with Crippen LogP contribution in [-0.2, 0) is 26.8 Å². The molecule has 1 fully saturated rings. The second-order valence-electron chi connectivity index (χ2n) is 7.21. The maximum absolute atomic E-state index is 13.5. The number of sulfonamides is 1. The molecule has 1 unspecified atom stereocenters. The van der Waals surface area contributed by atoms with E-state index in [1.54, 1.807) is 24.3 Å². The Labute approximate surface area is 165 Å². The summed E-state index contributed by atoms with van der Waals surface area (Å²) in [6.07, 6.45) is 1.94. The van der Waals surface area contributed by atoms with Gasteiger partial charge in [-0.3, -0.25) is 0 Å². The molecule has 0 aliphatic carbocycles. The van der Waals surface area contributed by atoms with Crippen molar-refractivity contribution in [3.05, 3.63) is 59.2 Å². The van der Waals surface area contributed by atoms with Gasteiger partial charge in [-0.25, -0.2) is 13.2 Å². The molecular formula is C21H23NO5S. The van der Waals surface area contributed by atoms with E-state index in [1.807, 2.05) is 25.1 Å². The Hall–Kier alpha value is -2.38. The summed E-state index contributed by atoms with van der Waals surface area (Å²) in [6, 6.07) is 12.5. The molecule has 2 aromatic carbocycles. The van der Waals surface area contributed by atoms with Crippen molar-refractivity contribution >= 4 is 16.0 Å². The number of aryl methyl sites for hydroxylation is 1. The van der Waals surface area contributed by atoms with Gasteiger partial charge in [0.25, 0.3) is 0 Å². The van der Waals surface area contributed by atoms with Gasteiger partial charge < -0.3 is 9.47 Å². The zero-order valence-corrected chi connectivity index (χ0v) is 16.8. The van der Waals surface area contributed by atoms with Gasteiger partial charge in [-0.2, -0.15) is 4.31 Å². The fourth-order valence-electron chi connectivity index (χ4n) is 4.12. The number of esters is 1. The number of carbonyl (C=O) groups is 1. The molecule has 0 amide bonds. The standard InChI is InChI=1S/C21H23NO5S/c1-3-15-9-10-18(26-2)19(13-15)28(24,25)22-12-6-11-21(14-22)17-8-5-4-7-16(17)20(23)27-21/h4-5,7-10,13H,3,6,11-12,14H2,1-2H3. The Morgan fingerprint density at radius 2 is 2.00 bits per heavy atom. The third-order valence-electron chi connectivity index (χ3n) is 5.60. The Morgan fingerprint density at radius 3 is 2.75 bits per heavy atom. The molecule has 1 atom stereocenters. The number of piperidine rings is 1. The van der Waals surface area contributed by atoms with E-state index in [1.165, 1.54) is 11.4 Å². The molecule has 2 aliphatic rings. The predicted octanol–water partition coefficient (Wildman–Crippen LogP) is 3.11. The maximum Gasteiger partial charge on any atom is 0.339 e. The first-order chi connectivity index (χ1) is 13.4. The molecule has 1 spiro atoms. The van der Waals surface area contributed by atoms with E-state index in [0.717, 1.165) is 17.5 Å². The zero-order valence-electron chi connectivity index (χ0n) is 16.0. The summed E-state index contributed by atoms with van der Waals surface area (Å²) in [5, 5.41) is 0. The fraction of sp³-hybridized carbons (Fsp3) is 0.381. The SMILES string of the molecule is CCc1ccc(OC)c(S(=O)(=O)N2CCCC3(C2)OC(=O)c2ccccc23)c1. The second kappa shape index (κ2) is 6.90. The van der Waals surface area contributed by atoms with Crippen molar-refractivity contribution in [2.24, 2.45) is 0 Å². The van der Waals surface area contributed by atoms with Crippen LogP contribution in [0.15, 0.2) is 47.4 Å². The molecule has 148 valence electrons. The van der Waals surface area contributed by atoms with E-state index < -0.39 is 15.6 Å². The first-order valence-electron chi connectivity index (χ1n) is 9.41. The number of carbonyl (C=O) groups excluding carboxylic acids is 1. The lowest BCUT2D eigenvalue weighted by atomic mass is 9.86. The summed E-state index contributed by atoms with van der Waals surface area (Å²) in [6.45, 7) is 2.46. The Kier molecular flexibility index (Phi) is 4.67. The summed E-state index contributed by atoms with van der Waals surface area (Å²) in [5.74, 6) is -0.0685. The number of rotatable bonds is 4. The van der Waals surface area contributed by atoms with Gasteiger partial charge in [-0.05, 0) is 43.0 Å². The van der Waals surface area contributed by atoms with Crippen LogP contribution in [0.1, 0.15) is 41.3 Å². The number of fused-ring (bicyclic) bond motifs is 2. The summed E-state index contributed by atoms with van der Waals surface area (Å²) in [5.41, 5.74) is 1.29. The van der Waals surface area contributed by atoms with Crippen LogP contribution in [0.5, 0.6) is 5.75 Å². The molecule has 0 N–H and O–H groups in total. The highest BCUT2D eigenvalue weighted by molar-refractivity contribution is 7.89. The van der Waals surface area contributed by atoms with Crippen LogP contribution in [0.4, 0.5) is 0 Å². The molecular weight excluding hydrogens is 378 g/mol. The minimum Gasteiger partial charge on any atom is -0.495 e. The summed E-state index contributed by atoms with van der Waals surface area (Å²) in [4.78, 5) is 12.5. The first kappa shape index (κ1) is 19.0. The van der Waals surface area contributed by atoms with Crippen molar-refractivity contribution in [2.75, 3.05) is 20.2 Å². The Balaban J connectivity index is 1.74. The smallest absolute Gasteiger partial charge is 0.339 e. The van der Waals surface area contributed by atoms with Crippen molar-refractivity contribution < 1.29 is 22.7 Å². The van der Waals surface area contributed by atoms with E-state index in [-0.39, 0.29) is 17.4 Å². The maximum atomic E-state index is 13.5. The molecule has 2 aromatic rings. The number of nitrogens with zero attached hydrogens (tertiary/aromatic N) is 1. The molecule has 1 saturated heterocycles. The molecule has 0 bridgehead atoms. The number of benzene rings is 2. The monoisotopic (exact) mass is 401 g/mol. The predicted molar refractivity (Wildman–Crippen MR) is 104 cm³/mol. The fourth-order valence-corrected chi connectivity index (χ4v) is 5.85. The van der Waals surface area contributed by atoms with Crippen LogP contribution in [0.3, 0.4) is 0 Å². The van der Waals surface area contributed by atoms with Gasteiger partial charge in [0.1, 0.15) is 10.6 Å². The number of hydrogen-bond acceptors (Lipinski definition) is 5. The number of hydrogen-bond donors (Lipinski definition) is 0. The largest absolute Gasteiger partial charge is 0.495 e. The van der Waals surface area contributed by atoms with Crippen molar-refractivity contribution in [2.45, 2.75) is 36.7 Å². The average molecular weight is 401 g/mol. The highest BCUT2D eigenvalue weighted by Gasteiger charge is 2.50. The Morgan fingerprint density at radius 1 is 1.21 bits per heavy atom. The van der Waals surface area contributed by atoms with Crippen molar-refractivity contribution in [3.8, 4) is 5.75 Å². The molecule has 0 radical (unpaired) electrons. The van der Waals surface area contributed by atoms with E-state index >= 15 is 0 Å². The molecule has 0 aromatic heterocycles. The highest BCUT2D eigenvalue weighted by Crippen LogP contribution is 2.44. The van der Waals surface area contributed by atoms with Gasteiger partial charge in [0.15, 0.2) is 5.60 Å². The average Bonchev–Trinajstić information content (AvgIpc) is 2.99. The van der Waals surface area contributed by atoms with Crippen LogP contribution < -0.4 is 4.74 Å². The van der Waals surface area contributed by atoms with Gasteiger partial charge in [-0.15, -0.1) is 0 Å². The van der Waals surface area contributed by atoms with Gasteiger partial charge in [0, 0.05) is 12.1 Å². The number of ether oxygens (including phenoxy) is 2. The Bertz CT molecular complexity index is 1030. The van der Waals surface area contributed by atoms with Gasteiger partial charge >= 0.3 is 5.97 Å². The van der Waals surface area contributed by atoms with E-state index in [2.05, 4.69) is 0 Å². The van der Waals surface area contributed by atoms with Gasteiger partial charge in [-0.1, -0.05) is 31.2 Å². The van der Waals surface area contributed by atoms with Crippen molar-refractivity contribution in [1.29, 1.82) is 0 Å². The van der Waals surface area contributed by atoms with E-state index in [0.29, 0.717) is 30.7 Å².